The number of hydrogen-bond acceptors (Lipinski definition) is 2. The number of allylic oxidation sites excluding steroid dienone is 3. The molecule has 0 unspecified atom stereocenters. The van der Waals surface area contributed by atoms with Gasteiger partial charge in [-0.1, -0.05) is 18.2 Å². The molecule has 1 aromatic carbocycles. The van der Waals surface area contributed by atoms with E-state index in [9.17, 15) is 9.90 Å². The molecule has 20 heavy (non-hydrogen) atoms. The lowest BCUT2D eigenvalue weighted by atomic mass is 9.79. The average Bonchev–Trinajstić information content (AvgIpc) is 2.64. The van der Waals surface area contributed by atoms with E-state index in [1.165, 1.54) is 5.56 Å². The Hall–Kier alpha value is -2.16. The predicted molar refractivity (Wildman–Crippen MR) is 78.7 cm³/mol. The van der Waals surface area contributed by atoms with Gasteiger partial charge in [-0.15, -0.1) is 0 Å². The van der Waals surface area contributed by atoms with Gasteiger partial charge in [0, 0.05) is 23.3 Å². The monoisotopic (exact) mass is 268 g/mol. The number of para-hydroxylation sites is 1. The molecule has 1 aliphatic carbocycles. The van der Waals surface area contributed by atoms with Crippen LogP contribution in [0.25, 0.3) is 0 Å². The zero-order chi connectivity index (χ0) is 14.7. The summed E-state index contributed by atoms with van der Waals surface area (Å²) in [5, 5.41) is 9.84. The summed E-state index contributed by atoms with van der Waals surface area (Å²) in [4.78, 5) is 11.8. The zero-order valence-electron chi connectivity index (χ0n) is 12.2. The van der Waals surface area contributed by atoms with E-state index in [0.29, 0.717) is 11.1 Å². The number of Topliss-reactive ketones (excluding diaryl/α,β-unsaturated/α-hetero) is 1. The highest BCUT2D eigenvalue weighted by Crippen LogP contribution is 2.40. The summed E-state index contributed by atoms with van der Waals surface area (Å²) in [5.74, 6) is 0.0674. The number of rotatable bonds is 1. The van der Waals surface area contributed by atoms with Gasteiger partial charge in [-0.25, -0.2) is 0 Å². The Kier molecular flexibility index (Phi) is 2.52. The van der Waals surface area contributed by atoms with Crippen LogP contribution in [0.5, 0.6) is 0 Å². The Balaban J connectivity index is 2.16. The lowest BCUT2D eigenvalue weighted by Crippen LogP contribution is -2.30. The maximum Gasteiger partial charge on any atom is 0.209 e. The maximum atomic E-state index is 11.8. The fraction of sp³-hybridized carbons (Fsp3) is 0.294. The molecular formula is C17H18NO2+. The molecule has 3 heteroatoms. The molecule has 1 N–H and O–H groups in total. The number of fused-ring (bicyclic) bond motifs is 1. The number of carbonyl (C=O) groups is 1. The fourth-order valence-corrected chi connectivity index (χ4v) is 3.09. The van der Waals surface area contributed by atoms with Crippen LogP contribution in [-0.4, -0.2) is 28.2 Å². The molecule has 0 aromatic heterocycles. The van der Waals surface area contributed by atoms with Gasteiger partial charge in [-0.3, -0.25) is 4.79 Å². The van der Waals surface area contributed by atoms with Gasteiger partial charge in [0.05, 0.1) is 11.0 Å². The molecule has 1 aliphatic heterocycles. The van der Waals surface area contributed by atoms with Gasteiger partial charge in [0.1, 0.15) is 12.8 Å². The standard InChI is InChI=1S/C17H17NO2/c1-10-15(19)11(16(10)20)9-14-17(2,3)12-7-5-6-8-13(12)18(14)4/h5-9H,1-4H3/p+1. The summed E-state index contributed by atoms with van der Waals surface area (Å²) in [7, 11) is 2.00. The van der Waals surface area contributed by atoms with E-state index < -0.39 is 0 Å². The van der Waals surface area contributed by atoms with Gasteiger partial charge in [0.15, 0.2) is 11.5 Å². The van der Waals surface area contributed by atoms with E-state index in [1.54, 1.807) is 6.92 Å². The van der Waals surface area contributed by atoms with E-state index in [-0.39, 0.29) is 17.0 Å². The Morgan fingerprint density at radius 3 is 2.50 bits per heavy atom. The van der Waals surface area contributed by atoms with Gasteiger partial charge in [-0.05, 0) is 20.8 Å². The van der Waals surface area contributed by atoms with Gasteiger partial charge in [0.2, 0.25) is 5.69 Å². The van der Waals surface area contributed by atoms with Crippen LogP contribution in [0.15, 0.2) is 47.2 Å². The molecule has 0 bridgehead atoms. The Bertz CT molecular complexity index is 733. The first-order valence-corrected chi connectivity index (χ1v) is 6.73. The molecule has 3 nitrogen and oxygen atoms in total. The number of carbonyl (C=O) groups excluding carboxylic acids is 1. The molecule has 0 spiro atoms. The molecule has 0 saturated heterocycles. The van der Waals surface area contributed by atoms with Crippen molar-refractivity contribution < 1.29 is 14.5 Å². The molecule has 0 saturated carbocycles. The largest absolute Gasteiger partial charge is 0.507 e. The van der Waals surface area contributed by atoms with Gasteiger partial charge in [0.25, 0.3) is 0 Å². The number of hydrogen-bond donors (Lipinski definition) is 1. The van der Waals surface area contributed by atoms with Crippen molar-refractivity contribution in [3.63, 3.8) is 0 Å². The van der Waals surface area contributed by atoms with Crippen LogP contribution in [0.1, 0.15) is 26.3 Å². The lowest BCUT2D eigenvalue weighted by molar-refractivity contribution is -0.401. The number of aliphatic hydroxyl groups is 1. The summed E-state index contributed by atoms with van der Waals surface area (Å²) in [6.45, 7) is 5.93. The molecule has 102 valence electrons. The van der Waals surface area contributed by atoms with Crippen LogP contribution in [-0.2, 0) is 10.2 Å². The van der Waals surface area contributed by atoms with Crippen LogP contribution in [0, 0.1) is 0 Å². The third kappa shape index (κ3) is 1.46. The SMILES string of the molecule is CC1=C(O)/C(=C\C2=[N+](C)c3ccccc3C2(C)C)C1=O. The van der Waals surface area contributed by atoms with E-state index in [0.717, 1.165) is 11.4 Å². The smallest absolute Gasteiger partial charge is 0.209 e. The second kappa shape index (κ2) is 3.92. The summed E-state index contributed by atoms with van der Waals surface area (Å²) >= 11 is 0. The minimum Gasteiger partial charge on any atom is -0.507 e. The molecule has 0 amide bonds. The van der Waals surface area contributed by atoms with Crippen LogP contribution < -0.4 is 0 Å². The van der Waals surface area contributed by atoms with Gasteiger partial charge < -0.3 is 5.11 Å². The molecule has 1 heterocycles. The number of benzene rings is 1. The normalized spacial score (nSPS) is 22.4. The topological polar surface area (TPSA) is 40.3 Å². The molecule has 1 aromatic rings. The molecule has 2 aliphatic rings. The maximum absolute atomic E-state index is 11.8. The van der Waals surface area contributed by atoms with E-state index in [4.69, 9.17) is 0 Å². The summed E-state index contributed by atoms with van der Waals surface area (Å²) in [6, 6.07) is 8.23. The molecule has 3 rings (SSSR count). The summed E-state index contributed by atoms with van der Waals surface area (Å²) in [6.07, 6.45) is 1.82. The third-order valence-electron chi connectivity index (χ3n) is 4.42. The Morgan fingerprint density at radius 2 is 1.90 bits per heavy atom. The van der Waals surface area contributed by atoms with Crippen molar-refractivity contribution in [2.24, 2.45) is 0 Å². The van der Waals surface area contributed by atoms with Crippen molar-refractivity contribution >= 4 is 17.2 Å². The minimum atomic E-state index is -0.178. The highest BCUT2D eigenvalue weighted by atomic mass is 16.3. The predicted octanol–water partition coefficient (Wildman–Crippen LogP) is 3.03. The van der Waals surface area contributed by atoms with Crippen molar-refractivity contribution in [3.05, 3.63) is 52.8 Å². The van der Waals surface area contributed by atoms with Crippen LogP contribution >= 0.6 is 0 Å². The van der Waals surface area contributed by atoms with Crippen LogP contribution in [0.4, 0.5) is 5.69 Å². The highest BCUT2D eigenvalue weighted by Gasteiger charge is 2.44. The van der Waals surface area contributed by atoms with Crippen molar-refractivity contribution in [2.45, 2.75) is 26.2 Å². The Labute approximate surface area is 118 Å². The second-order valence-corrected chi connectivity index (χ2v) is 5.95. The van der Waals surface area contributed by atoms with Crippen molar-refractivity contribution in [3.8, 4) is 0 Å². The summed E-state index contributed by atoms with van der Waals surface area (Å²) < 4.78 is 2.09. The summed E-state index contributed by atoms with van der Waals surface area (Å²) in [5.41, 5.74) is 4.11. The molecule has 0 atom stereocenters. The number of nitrogens with zero attached hydrogens (tertiary/aromatic N) is 1. The second-order valence-electron chi connectivity index (χ2n) is 5.95. The van der Waals surface area contributed by atoms with E-state index in [1.807, 2.05) is 25.3 Å². The van der Waals surface area contributed by atoms with E-state index >= 15 is 0 Å². The molecule has 0 radical (unpaired) electrons. The van der Waals surface area contributed by atoms with Crippen LogP contribution in [0.3, 0.4) is 0 Å². The van der Waals surface area contributed by atoms with Crippen molar-refractivity contribution in [2.75, 3.05) is 7.05 Å². The zero-order valence-corrected chi connectivity index (χ0v) is 12.2. The first-order chi connectivity index (χ1) is 9.35. The van der Waals surface area contributed by atoms with Gasteiger partial charge in [-0.2, -0.15) is 4.58 Å². The molecular weight excluding hydrogens is 250 g/mol. The first-order valence-electron chi connectivity index (χ1n) is 6.73. The number of aliphatic hydroxyl groups excluding tert-OH is 1. The van der Waals surface area contributed by atoms with E-state index in [2.05, 4.69) is 30.6 Å². The average molecular weight is 268 g/mol. The minimum absolute atomic E-state index is 0.0600. The first kappa shape index (κ1) is 12.9. The quantitative estimate of drug-likeness (QED) is 0.628. The lowest BCUT2D eigenvalue weighted by Gasteiger charge is -2.20. The van der Waals surface area contributed by atoms with Crippen molar-refractivity contribution in [1.29, 1.82) is 0 Å². The Morgan fingerprint density at radius 1 is 1.25 bits per heavy atom. The molecule has 0 fully saturated rings. The van der Waals surface area contributed by atoms with Gasteiger partial charge >= 0.3 is 0 Å². The van der Waals surface area contributed by atoms with Crippen LogP contribution in [0.2, 0.25) is 0 Å². The number of ketones is 1. The van der Waals surface area contributed by atoms with Crippen molar-refractivity contribution in [1.82, 2.24) is 0 Å². The fourth-order valence-electron chi connectivity index (χ4n) is 3.09. The third-order valence-corrected chi connectivity index (χ3v) is 4.42. The highest BCUT2D eigenvalue weighted by molar-refractivity contribution is 6.22.